The Labute approximate surface area is 186 Å². The van der Waals surface area contributed by atoms with Crippen LogP contribution in [0.4, 0.5) is 0 Å². The lowest BCUT2D eigenvalue weighted by Gasteiger charge is -2.33. The van der Waals surface area contributed by atoms with E-state index in [1.807, 2.05) is 89.2 Å². The van der Waals surface area contributed by atoms with Crippen molar-refractivity contribution in [1.29, 1.82) is 0 Å². The van der Waals surface area contributed by atoms with Crippen LogP contribution in [0.25, 0.3) is 0 Å². The van der Waals surface area contributed by atoms with Gasteiger partial charge in [-0.2, -0.15) is 0 Å². The van der Waals surface area contributed by atoms with Gasteiger partial charge in [0.05, 0.1) is 6.61 Å². The van der Waals surface area contributed by atoms with Crippen molar-refractivity contribution in [1.82, 2.24) is 10.2 Å². The third-order valence-corrected chi connectivity index (χ3v) is 4.90. The molecule has 0 bridgehead atoms. The van der Waals surface area contributed by atoms with E-state index >= 15 is 0 Å². The lowest BCUT2D eigenvalue weighted by molar-refractivity contribution is -0.142. The zero-order chi connectivity index (χ0) is 22.9. The predicted octanol–water partition coefficient (Wildman–Crippen LogP) is 4.88. The number of benzene rings is 2. The molecule has 5 heteroatoms. The third-order valence-electron chi connectivity index (χ3n) is 4.90. The quantitative estimate of drug-likeness (QED) is 0.553. The lowest BCUT2D eigenvalue weighted by Crippen LogP contribution is -2.53. The lowest BCUT2D eigenvalue weighted by atomic mass is 10.0. The first-order valence-electron chi connectivity index (χ1n) is 11.0. The van der Waals surface area contributed by atoms with Crippen LogP contribution in [-0.2, 0) is 16.1 Å². The monoisotopic (exact) mass is 424 g/mol. The SMILES string of the molecule is CC[C@@H](C(=O)NC(C)(C)C)N(Cc1ccccc1)C(=O)CCCOc1ccc(C)cc1. The maximum absolute atomic E-state index is 13.2. The molecule has 0 aliphatic rings. The molecule has 2 aromatic carbocycles. The Hall–Kier alpha value is -2.82. The number of nitrogens with one attached hydrogen (secondary N) is 1. The van der Waals surface area contributed by atoms with Crippen molar-refractivity contribution in [3.8, 4) is 5.75 Å². The van der Waals surface area contributed by atoms with Crippen LogP contribution in [0.15, 0.2) is 54.6 Å². The number of hydrogen-bond donors (Lipinski definition) is 1. The van der Waals surface area contributed by atoms with Gasteiger partial charge in [0.1, 0.15) is 11.8 Å². The van der Waals surface area contributed by atoms with Gasteiger partial charge in [-0.3, -0.25) is 9.59 Å². The maximum atomic E-state index is 13.2. The summed E-state index contributed by atoms with van der Waals surface area (Å²) in [5.74, 6) is 0.651. The molecular weight excluding hydrogens is 388 g/mol. The molecule has 0 saturated heterocycles. The number of aryl methyl sites for hydroxylation is 1. The normalized spacial score (nSPS) is 12.2. The number of ether oxygens (including phenoxy) is 1. The first-order valence-corrected chi connectivity index (χ1v) is 11.0. The second-order valence-electron chi connectivity index (χ2n) is 8.94. The Morgan fingerprint density at radius 2 is 1.68 bits per heavy atom. The minimum absolute atomic E-state index is 0.0349. The van der Waals surface area contributed by atoms with Crippen molar-refractivity contribution < 1.29 is 14.3 Å². The molecule has 5 nitrogen and oxygen atoms in total. The van der Waals surface area contributed by atoms with Crippen molar-refractivity contribution in [3.63, 3.8) is 0 Å². The summed E-state index contributed by atoms with van der Waals surface area (Å²) in [6.45, 7) is 10.7. The Balaban J connectivity index is 2.04. The number of nitrogens with zero attached hydrogens (tertiary/aromatic N) is 1. The summed E-state index contributed by atoms with van der Waals surface area (Å²) in [6, 6.07) is 17.2. The van der Waals surface area contributed by atoms with E-state index in [1.54, 1.807) is 4.90 Å². The average Bonchev–Trinajstić information content (AvgIpc) is 2.71. The van der Waals surface area contributed by atoms with E-state index in [1.165, 1.54) is 5.56 Å². The zero-order valence-electron chi connectivity index (χ0n) is 19.5. The van der Waals surface area contributed by atoms with Crippen molar-refractivity contribution in [2.75, 3.05) is 6.61 Å². The summed E-state index contributed by atoms with van der Waals surface area (Å²) in [5, 5.41) is 3.03. The van der Waals surface area contributed by atoms with E-state index in [0.29, 0.717) is 32.4 Å². The fourth-order valence-electron chi connectivity index (χ4n) is 3.34. The van der Waals surface area contributed by atoms with Gasteiger partial charge < -0.3 is 15.0 Å². The van der Waals surface area contributed by atoms with Gasteiger partial charge in [0.25, 0.3) is 0 Å². The molecule has 0 aliphatic carbocycles. The Morgan fingerprint density at radius 3 is 2.26 bits per heavy atom. The van der Waals surface area contributed by atoms with Crippen LogP contribution >= 0.6 is 0 Å². The molecule has 0 radical (unpaired) electrons. The molecule has 0 spiro atoms. The second-order valence-corrected chi connectivity index (χ2v) is 8.94. The first-order chi connectivity index (χ1) is 14.7. The third kappa shape index (κ3) is 8.44. The van der Waals surface area contributed by atoms with Gasteiger partial charge in [0.15, 0.2) is 0 Å². The van der Waals surface area contributed by atoms with Gasteiger partial charge in [0, 0.05) is 18.5 Å². The second kappa shape index (κ2) is 11.5. The number of hydrogen-bond acceptors (Lipinski definition) is 3. The minimum atomic E-state index is -0.509. The van der Waals surface area contributed by atoms with Crippen molar-refractivity contribution in [2.45, 2.75) is 72.0 Å². The molecule has 0 saturated carbocycles. The molecule has 0 unspecified atom stereocenters. The van der Waals surface area contributed by atoms with Crippen molar-refractivity contribution in [2.24, 2.45) is 0 Å². The van der Waals surface area contributed by atoms with E-state index in [0.717, 1.165) is 11.3 Å². The predicted molar refractivity (Wildman–Crippen MR) is 125 cm³/mol. The molecule has 2 rings (SSSR count). The highest BCUT2D eigenvalue weighted by Crippen LogP contribution is 2.16. The summed E-state index contributed by atoms with van der Waals surface area (Å²) in [6.07, 6.45) is 1.48. The summed E-state index contributed by atoms with van der Waals surface area (Å²) in [5.41, 5.74) is 1.83. The molecule has 0 fully saturated rings. The van der Waals surface area contributed by atoms with E-state index in [4.69, 9.17) is 4.74 Å². The topological polar surface area (TPSA) is 58.6 Å². The Kier molecular flexibility index (Phi) is 9.10. The van der Waals surface area contributed by atoms with Crippen LogP contribution in [0.3, 0.4) is 0 Å². The highest BCUT2D eigenvalue weighted by Gasteiger charge is 2.30. The van der Waals surface area contributed by atoms with E-state index < -0.39 is 6.04 Å². The van der Waals surface area contributed by atoms with Crippen molar-refractivity contribution in [3.05, 3.63) is 65.7 Å². The highest BCUT2D eigenvalue weighted by atomic mass is 16.5. The summed E-state index contributed by atoms with van der Waals surface area (Å²) < 4.78 is 5.76. The van der Waals surface area contributed by atoms with Crippen LogP contribution in [0, 0.1) is 6.92 Å². The average molecular weight is 425 g/mol. The smallest absolute Gasteiger partial charge is 0.243 e. The largest absolute Gasteiger partial charge is 0.494 e. The van der Waals surface area contributed by atoms with Gasteiger partial charge in [-0.1, -0.05) is 55.0 Å². The molecule has 1 atom stereocenters. The number of carbonyl (C=O) groups is 2. The molecule has 0 heterocycles. The molecule has 1 N–H and O–H groups in total. The van der Waals surface area contributed by atoms with Gasteiger partial charge in [-0.05, 0) is 58.2 Å². The van der Waals surface area contributed by atoms with E-state index in [2.05, 4.69) is 5.32 Å². The van der Waals surface area contributed by atoms with Crippen molar-refractivity contribution >= 4 is 11.8 Å². The highest BCUT2D eigenvalue weighted by molar-refractivity contribution is 5.88. The fourth-order valence-corrected chi connectivity index (χ4v) is 3.34. The molecule has 2 amide bonds. The standard InChI is InChI=1S/C26H36N2O3/c1-6-23(25(30)27-26(3,4)5)28(19-21-11-8-7-9-12-21)24(29)13-10-18-31-22-16-14-20(2)15-17-22/h7-9,11-12,14-17,23H,6,10,13,18-19H2,1-5H3,(H,27,30)/t23-/m0/s1. The molecule has 2 aromatic rings. The summed E-state index contributed by atoms with van der Waals surface area (Å²) >= 11 is 0. The van der Waals surface area contributed by atoms with E-state index in [-0.39, 0.29) is 17.4 Å². The molecule has 0 aromatic heterocycles. The maximum Gasteiger partial charge on any atom is 0.243 e. The van der Waals surface area contributed by atoms with E-state index in [9.17, 15) is 9.59 Å². The summed E-state index contributed by atoms with van der Waals surface area (Å²) in [4.78, 5) is 27.8. The van der Waals surface area contributed by atoms with Crippen LogP contribution in [0.2, 0.25) is 0 Å². The van der Waals surface area contributed by atoms with Gasteiger partial charge in [0.2, 0.25) is 11.8 Å². The number of amides is 2. The molecule has 31 heavy (non-hydrogen) atoms. The fraction of sp³-hybridized carbons (Fsp3) is 0.462. The summed E-state index contributed by atoms with van der Waals surface area (Å²) in [7, 11) is 0. The molecular formula is C26H36N2O3. The minimum Gasteiger partial charge on any atom is -0.494 e. The van der Waals surface area contributed by atoms with Crippen LogP contribution in [-0.4, -0.2) is 34.9 Å². The van der Waals surface area contributed by atoms with Crippen LogP contribution in [0.1, 0.15) is 58.1 Å². The zero-order valence-corrected chi connectivity index (χ0v) is 19.5. The molecule has 0 aliphatic heterocycles. The first kappa shape index (κ1) is 24.4. The molecule has 168 valence electrons. The Morgan fingerprint density at radius 1 is 1.03 bits per heavy atom. The van der Waals surface area contributed by atoms with Crippen LogP contribution in [0.5, 0.6) is 5.75 Å². The van der Waals surface area contributed by atoms with Gasteiger partial charge >= 0.3 is 0 Å². The van der Waals surface area contributed by atoms with Gasteiger partial charge in [-0.25, -0.2) is 0 Å². The van der Waals surface area contributed by atoms with Gasteiger partial charge in [-0.15, -0.1) is 0 Å². The number of rotatable bonds is 10. The number of carbonyl (C=O) groups excluding carboxylic acids is 2. The van der Waals surface area contributed by atoms with Crippen LogP contribution < -0.4 is 10.1 Å². The Bertz CT molecular complexity index is 826.